The highest BCUT2D eigenvalue weighted by atomic mass is 35.5. The molecule has 1 heterocycles. The first-order chi connectivity index (χ1) is 8.61. The molecule has 92 valence electrons. The number of benzene rings is 1. The number of hydrogen-bond donors (Lipinski definition) is 1. The van der Waals surface area contributed by atoms with Crippen molar-refractivity contribution in [1.82, 2.24) is 9.97 Å². The number of carboxylic acid groups (broad SMARTS) is 1. The molecule has 0 bridgehead atoms. The van der Waals surface area contributed by atoms with Gasteiger partial charge in [0, 0.05) is 5.56 Å². The maximum atomic E-state index is 10.9. The van der Waals surface area contributed by atoms with E-state index in [2.05, 4.69) is 9.97 Å². The summed E-state index contributed by atoms with van der Waals surface area (Å²) < 4.78 is 5.08. The molecule has 18 heavy (non-hydrogen) atoms. The van der Waals surface area contributed by atoms with Crippen LogP contribution < -0.4 is 4.74 Å². The number of aromatic nitrogens is 2. The first-order valence-corrected chi connectivity index (χ1v) is 5.40. The van der Waals surface area contributed by atoms with Crippen molar-refractivity contribution in [1.29, 1.82) is 0 Å². The predicted molar refractivity (Wildman–Crippen MR) is 66.0 cm³/mol. The second-order valence-electron chi connectivity index (χ2n) is 3.43. The lowest BCUT2D eigenvalue weighted by Crippen LogP contribution is -2.04. The molecule has 0 aliphatic carbocycles. The van der Waals surface area contributed by atoms with Gasteiger partial charge in [0.15, 0.2) is 11.5 Å². The predicted octanol–water partition coefficient (Wildman–Crippen LogP) is 2.50. The SMILES string of the molecule is COc1cccc(-c2ncc(Cl)c(C(=O)O)n2)c1. The summed E-state index contributed by atoms with van der Waals surface area (Å²) in [4.78, 5) is 18.9. The van der Waals surface area contributed by atoms with E-state index >= 15 is 0 Å². The van der Waals surface area contributed by atoms with Crippen molar-refractivity contribution in [2.75, 3.05) is 7.11 Å². The van der Waals surface area contributed by atoms with Crippen molar-refractivity contribution in [2.24, 2.45) is 0 Å². The van der Waals surface area contributed by atoms with Gasteiger partial charge in [-0.1, -0.05) is 23.7 Å². The Bertz CT molecular complexity index is 602. The summed E-state index contributed by atoms with van der Waals surface area (Å²) in [5.74, 6) is -0.259. The Balaban J connectivity index is 2.50. The number of nitrogens with zero attached hydrogens (tertiary/aromatic N) is 2. The van der Waals surface area contributed by atoms with E-state index in [1.807, 2.05) is 0 Å². The lowest BCUT2D eigenvalue weighted by Gasteiger charge is -2.04. The van der Waals surface area contributed by atoms with Crippen LogP contribution in [0.5, 0.6) is 5.75 Å². The van der Waals surface area contributed by atoms with Crippen LogP contribution in [-0.2, 0) is 0 Å². The van der Waals surface area contributed by atoms with Crippen molar-refractivity contribution < 1.29 is 14.6 Å². The van der Waals surface area contributed by atoms with Crippen molar-refractivity contribution in [2.45, 2.75) is 0 Å². The Morgan fingerprint density at radius 1 is 1.44 bits per heavy atom. The average Bonchev–Trinajstić information content (AvgIpc) is 2.39. The summed E-state index contributed by atoms with van der Waals surface area (Å²) in [5, 5.41) is 8.95. The topological polar surface area (TPSA) is 72.3 Å². The van der Waals surface area contributed by atoms with E-state index in [0.29, 0.717) is 11.3 Å². The minimum absolute atomic E-state index is 0.00847. The lowest BCUT2D eigenvalue weighted by atomic mass is 10.2. The third-order valence-electron chi connectivity index (χ3n) is 2.27. The summed E-state index contributed by atoms with van der Waals surface area (Å²) in [5.41, 5.74) is 0.443. The fraction of sp³-hybridized carbons (Fsp3) is 0.0833. The number of rotatable bonds is 3. The number of aromatic carboxylic acids is 1. The van der Waals surface area contributed by atoms with Gasteiger partial charge in [0.2, 0.25) is 0 Å². The molecule has 0 aliphatic rings. The molecule has 0 aliphatic heterocycles. The van der Waals surface area contributed by atoms with Crippen molar-refractivity contribution in [3.63, 3.8) is 0 Å². The van der Waals surface area contributed by atoms with E-state index in [0.717, 1.165) is 0 Å². The molecule has 0 amide bonds. The number of hydrogen-bond acceptors (Lipinski definition) is 4. The van der Waals surface area contributed by atoms with Gasteiger partial charge in [-0.2, -0.15) is 0 Å². The molecule has 0 unspecified atom stereocenters. The zero-order valence-corrected chi connectivity index (χ0v) is 10.2. The summed E-state index contributed by atoms with van der Waals surface area (Å²) in [6.45, 7) is 0. The number of ether oxygens (including phenoxy) is 1. The molecule has 0 saturated heterocycles. The van der Waals surface area contributed by atoms with E-state index in [-0.39, 0.29) is 16.5 Å². The van der Waals surface area contributed by atoms with Crippen molar-refractivity contribution >= 4 is 17.6 Å². The maximum absolute atomic E-state index is 10.9. The Hall–Kier alpha value is -2.14. The minimum Gasteiger partial charge on any atom is -0.497 e. The lowest BCUT2D eigenvalue weighted by molar-refractivity contribution is 0.0690. The molecule has 0 fully saturated rings. The summed E-state index contributed by atoms with van der Waals surface area (Å²) in [6.07, 6.45) is 1.27. The molecule has 5 nitrogen and oxygen atoms in total. The Kier molecular flexibility index (Phi) is 3.43. The first-order valence-electron chi connectivity index (χ1n) is 5.02. The van der Waals surface area contributed by atoms with Crippen LogP contribution in [0, 0.1) is 0 Å². The van der Waals surface area contributed by atoms with Gasteiger partial charge in [0.1, 0.15) is 5.75 Å². The molecule has 0 atom stereocenters. The van der Waals surface area contributed by atoms with Crippen LogP contribution >= 0.6 is 11.6 Å². The van der Waals surface area contributed by atoms with Gasteiger partial charge in [0.05, 0.1) is 18.3 Å². The third-order valence-corrected chi connectivity index (χ3v) is 2.55. The van der Waals surface area contributed by atoms with Crippen LogP contribution in [0.1, 0.15) is 10.5 Å². The van der Waals surface area contributed by atoms with Gasteiger partial charge in [-0.25, -0.2) is 14.8 Å². The monoisotopic (exact) mass is 264 g/mol. The molecular formula is C12H9ClN2O3. The maximum Gasteiger partial charge on any atom is 0.356 e. The number of methoxy groups -OCH3 is 1. The van der Waals surface area contributed by atoms with Gasteiger partial charge in [-0.3, -0.25) is 0 Å². The van der Waals surface area contributed by atoms with Gasteiger partial charge in [-0.05, 0) is 12.1 Å². The van der Waals surface area contributed by atoms with E-state index in [9.17, 15) is 4.79 Å². The second kappa shape index (κ2) is 5.01. The van der Waals surface area contributed by atoms with E-state index in [1.165, 1.54) is 6.20 Å². The summed E-state index contributed by atoms with van der Waals surface area (Å²) >= 11 is 5.71. The van der Waals surface area contributed by atoms with Gasteiger partial charge in [-0.15, -0.1) is 0 Å². The standard InChI is InChI=1S/C12H9ClN2O3/c1-18-8-4-2-3-7(5-8)11-14-6-9(13)10(15-11)12(16)17/h2-6H,1H3,(H,16,17). The van der Waals surface area contributed by atoms with E-state index in [1.54, 1.807) is 31.4 Å². The largest absolute Gasteiger partial charge is 0.497 e. The van der Waals surface area contributed by atoms with Crippen LogP contribution in [0.2, 0.25) is 5.02 Å². The number of carbonyl (C=O) groups is 1. The van der Waals surface area contributed by atoms with Crippen LogP contribution in [0.25, 0.3) is 11.4 Å². The molecule has 0 spiro atoms. The molecule has 6 heteroatoms. The molecule has 1 aromatic carbocycles. The molecule has 0 saturated carbocycles. The fourth-order valence-corrected chi connectivity index (χ4v) is 1.59. The molecular weight excluding hydrogens is 256 g/mol. The third kappa shape index (κ3) is 2.41. The average molecular weight is 265 g/mol. The first kappa shape index (κ1) is 12.3. The van der Waals surface area contributed by atoms with Gasteiger partial charge in [0.25, 0.3) is 0 Å². The molecule has 2 rings (SSSR count). The molecule has 2 aromatic rings. The number of carboxylic acids is 1. The highest BCUT2D eigenvalue weighted by Crippen LogP contribution is 2.22. The summed E-state index contributed by atoms with van der Waals surface area (Å²) in [7, 11) is 1.55. The van der Waals surface area contributed by atoms with Crippen LogP contribution in [-0.4, -0.2) is 28.2 Å². The Labute approximate surface area is 108 Å². The zero-order chi connectivity index (χ0) is 13.1. The fourth-order valence-electron chi connectivity index (χ4n) is 1.42. The zero-order valence-electron chi connectivity index (χ0n) is 9.42. The second-order valence-corrected chi connectivity index (χ2v) is 3.83. The highest BCUT2D eigenvalue weighted by molar-refractivity contribution is 6.33. The van der Waals surface area contributed by atoms with Crippen LogP contribution in [0.3, 0.4) is 0 Å². The van der Waals surface area contributed by atoms with Crippen LogP contribution in [0.4, 0.5) is 0 Å². The normalized spacial score (nSPS) is 10.1. The smallest absolute Gasteiger partial charge is 0.356 e. The molecule has 1 N–H and O–H groups in total. The van der Waals surface area contributed by atoms with Gasteiger partial charge >= 0.3 is 5.97 Å². The van der Waals surface area contributed by atoms with Gasteiger partial charge < -0.3 is 9.84 Å². The van der Waals surface area contributed by atoms with Crippen LogP contribution in [0.15, 0.2) is 30.5 Å². The highest BCUT2D eigenvalue weighted by Gasteiger charge is 2.13. The summed E-state index contributed by atoms with van der Waals surface area (Å²) in [6, 6.07) is 7.02. The Morgan fingerprint density at radius 3 is 2.89 bits per heavy atom. The number of halogens is 1. The molecule has 1 aromatic heterocycles. The van der Waals surface area contributed by atoms with E-state index < -0.39 is 5.97 Å². The molecule has 0 radical (unpaired) electrons. The van der Waals surface area contributed by atoms with Crippen molar-refractivity contribution in [3.8, 4) is 17.1 Å². The van der Waals surface area contributed by atoms with Crippen molar-refractivity contribution in [3.05, 3.63) is 41.2 Å². The Morgan fingerprint density at radius 2 is 2.22 bits per heavy atom. The van der Waals surface area contributed by atoms with E-state index in [4.69, 9.17) is 21.4 Å². The quantitative estimate of drug-likeness (QED) is 0.922. The minimum atomic E-state index is -1.19.